The third-order valence-corrected chi connectivity index (χ3v) is 8.83. The molecule has 0 heterocycles. The van der Waals surface area contributed by atoms with Gasteiger partial charge < -0.3 is 0 Å². The Labute approximate surface area is 236 Å². The van der Waals surface area contributed by atoms with Crippen LogP contribution in [0, 0.1) is 0 Å². The van der Waals surface area contributed by atoms with Crippen molar-refractivity contribution >= 4 is 0 Å². The molecule has 0 aliphatic heterocycles. The Morgan fingerprint density at radius 1 is 0.275 bits per heavy atom. The zero-order valence-electron chi connectivity index (χ0n) is 22.5. The van der Waals surface area contributed by atoms with E-state index in [-0.39, 0.29) is 0 Å². The van der Waals surface area contributed by atoms with Gasteiger partial charge in [0.25, 0.3) is 0 Å². The van der Waals surface area contributed by atoms with Crippen LogP contribution in [0.2, 0.25) is 0 Å². The number of aryl methyl sites for hydroxylation is 4. The molecule has 0 N–H and O–H groups in total. The van der Waals surface area contributed by atoms with Gasteiger partial charge in [-0.25, -0.2) is 0 Å². The molecule has 8 bridgehead atoms. The molecule has 0 spiro atoms. The van der Waals surface area contributed by atoms with Gasteiger partial charge in [0.1, 0.15) is 0 Å². The van der Waals surface area contributed by atoms with Crippen LogP contribution in [0.15, 0.2) is 133 Å². The summed E-state index contributed by atoms with van der Waals surface area (Å²) in [6.45, 7) is 0. The second kappa shape index (κ2) is 9.50. The van der Waals surface area contributed by atoms with Crippen molar-refractivity contribution in [2.75, 3.05) is 0 Å². The van der Waals surface area contributed by atoms with Gasteiger partial charge in [-0.15, -0.1) is 0 Å². The Morgan fingerprint density at radius 3 is 1.65 bits per heavy atom. The second-order valence-corrected chi connectivity index (χ2v) is 11.2. The summed E-state index contributed by atoms with van der Waals surface area (Å²) in [6, 6.07) is 50.5. The Balaban J connectivity index is 1.44. The zero-order chi connectivity index (χ0) is 26.5. The van der Waals surface area contributed by atoms with E-state index >= 15 is 0 Å². The van der Waals surface area contributed by atoms with Gasteiger partial charge >= 0.3 is 0 Å². The van der Waals surface area contributed by atoms with Gasteiger partial charge in [-0.2, -0.15) is 0 Å². The maximum Gasteiger partial charge on any atom is -0.00964 e. The largest absolute Gasteiger partial charge is 0.0620 e. The quantitative estimate of drug-likeness (QED) is 0.191. The van der Waals surface area contributed by atoms with Crippen LogP contribution >= 0.6 is 0 Å². The Morgan fingerprint density at radius 2 is 0.850 bits per heavy atom. The Kier molecular flexibility index (Phi) is 5.52. The molecule has 0 saturated heterocycles. The van der Waals surface area contributed by atoms with Gasteiger partial charge in [-0.05, 0) is 116 Å². The molecule has 8 rings (SSSR count). The first-order chi connectivity index (χ1) is 19.8. The average Bonchev–Trinajstić information content (AvgIpc) is 3.02. The molecule has 190 valence electrons. The zero-order valence-corrected chi connectivity index (χ0v) is 22.5. The summed E-state index contributed by atoms with van der Waals surface area (Å²) in [4.78, 5) is 0. The summed E-state index contributed by atoms with van der Waals surface area (Å²) in [5.41, 5.74) is 18.7. The van der Waals surface area contributed by atoms with Crippen LogP contribution in [-0.2, 0) is 25.7 Å². The highest BCUT2D eigenvalue weighted by Gasteiger charge is 2.18. The number of benzene rings is 6. The molecule has 0 unspecified atom stereocenters. The summed E-state index contributed by atoms with van der Waals surface area (Å²) >= 11 is 0. The van der Waals surface area contributed by atoms with Crippen molar-refractivity contribution in [2.45, 2.75) is 25.7 Å². The van der Waals surface area contributed by atoms with E-state index in [9.17, 15) is 0 Å². The van der Waals surface area contributed by atoms with Crippen molar-refractivity contribution < 1.29 is 0 Å². The van der Waals surface area contributed by atoms with E-state index in [1.54, 1.807) is 0 Å². The highest BCUT2D eigenvalue weighted by molar-refractivity contribution is 5.92. The van der Waals surface area contributed by atoms with Crippen LogP contribution in [-0.4, -0.2) is 0 Å². The second-order valence-electron chi connectivity index (χ2n) is 11.2. The lowest BCUT2D eigenvalue weighted by Gasteiger charge is -2.21. The first-order valence-corrected chi connectivity index (χ1v) is 14.4. The van der Waals surface area contributed by atoms with E-state index in [1.807, 2.05) is 0 Å². The Bertz CT molecular complexity index is 1900. The molecule has 0 nitrogen and oxygen atoms in total. The van der Waals surface area contributed by atoms with Crippen LogP contribution in [0.4, 0.5) is 0 Å². The molecule has 0 heteroatoms. The first-order valence-electron chi connectivity index (χ1n) is 14.4. The van der Waals surface area contributed by atoms with E-state index < -0.39 is 0 Å². The van der Waals surface area contributed by atoms with Crippen LogP contribution in [0.25, 0.3) is 55.6 Å². The van der Waals surface area contributed by atoms with Crippen molar-refractivity contribution in [1.29, 1.82) is 0 Å². The van der Waals surface area contributed by atoms with Crippen LogP contribution in [0.3, 0.4) is 0 Å². The average molecular weight is 511 g/mol. The monoisotopic (exact) mass is 510 g/mol. The molecule has 2 aliphatic rings. The molecular formula is C40H30. The summed E-state index contributed by atoms with van der Waals surface area (Å²) in [5, 5.41) is 0. The van der Waals surface area contributed by atoms with E-state index in [0.29, 0.717) is 0 Å². The van der Waals surface area contributed by atoms with Crippen molar-refractivity contribution in [2.24, 2.45) is 0 Å². The van der Waals surface area contributed by atoms with E-state index in [0.717, 1.165) is 25.7 Å². The van der Waals surface area contributed by atoms with Crippen molar-refractivity contribution in [3.8, 4) is 55.6 Å². The van der Waals surface area contributed by atoms with Gasteiger partial charge in [0.2, 0.25) is 0 Å². The predicted octanol–water partition coefficient (Wildman–Crippen LogP) is 10.2. The van der Waals surface area contributed by atoms with Crippen LogP contribution < -0.4 is 0 Å². The fourth-order valence-corrected chi connectivity index (χ4v) is 6.75. The van der Waals surface area contributed by atoms with E-state index in [1.165, 1.54) is 77.9 Å². The Hall–Kier alpha value is -4.68. The maximum atomic E-state index is 2.49. The third-order valence-electron chi connectivity index (χ3n) is 8.83. The fourth-order valence-electron chi connectivity index (χ4n) is 6.75. The summed E-state index contributed by atoms with van der Waals surface area (Å²) in [7, 11) is 0. The lowest BCUT2D eigenvalue weighted by atomic mass is 9.83. The molecule has 40 heavy (non-hydrogen) atoms. The fraction of sp³-hybridized carbons (Fsp3) is 0.100. The molecule has 0 saturated carbocycles. The number of rotatable bonds is 0. The SMILES string of the molecule is c1cc2cc(c1)-c1ccccc1-c1ccc3c(c1)-c1cc(ccc1CC2)CCc1ccccc1-c1cccc-3c1. The van der Waals surface area contributed by atoms with Gasteiger partial charge in [0.05, 0.1) is 0 Å². The van der Waals surface area contributed by atoms with Gasteiger partial charge in [-0.3, -0.25) is 0 Å². The summed E-state index contributed by atoms with van der Waals surface area (Å²) in [5.74, 6) is 0. The van der Waals surface area contributed by atoms with Crippen molar-refractivity contribution in [1.82, 2.24) is 0 Å². The molecule has 0 amide bonds. The minimum Gasteiger partial charge on any atom is -0.0620 e. The van der Waals surface area contributed by atoms with Crippen molar-refractivity contribution in [3.05, 3.63) is 156 Å². The molecule has 0 aromatic heterocycles. The highest BCUT2D eigenvalue weighted by atomic mass is 14.2. The van der Waals surface area contributed by atoms with E-state index in [2.05, 4.69) is 133 Å². The number of hydrogen-bond acceptors (Lipinski definition) is 0. The summed E-state index contributed by atoms with van der Waals surface area (Å²) in [6.07, 6.45) is 4.11. The molecule has 0 radical (unpaired) electrons. The van der Waals surface area contributed by atoms with E-state index in [4.69, 9.17) is 0 Å². The van der Waals surface area contributed by atoms with Crippen molar-refractivity contribution in [3.63, 3.8) is 0 Å². The summed E-state index contributed by atoms with van der Waals surface area (Å²) < 4.78 is 0. The standard InChI is InChI=1S/C40H30/c1-2-12-35-29(8-1)18-16-28-17-20-30-19-15-27-7-5-9-31(23-27)36-13-3-4-14-37(36)34-21-22-38(40(26-34)39(30)24-28)33-11-6-10-32(35)25-33/h1-14,17,20-26H,15-16,18-19H2. The smallest absolute Gasteiger partial charge is 0.00964 e. The third kappa shape index (κ3) is 4.00. The first kappa shape index (κ1) is 23.2. The minimum absolute atomic E-state index is 1.02. The molecule has 6 aromatic carbocycles. The molecular weight excluding hydrogens is 480 g/mol. The topological polar surface area (TPSA) is 0 Å². The highest BCUT2D eigenvalue weighted by Crippen LogP contribution is 2.42. The normalized spacial score (nSPS) is 13.1. The lowest BCUT2D eigenvalue weighted by Crippen LogP contribution is -2.01. The maximum absolute atomic E-state index is 2.49. The van der Waals surface area contributed by atoms with Gasteiger partial charge in [-0.1, -0.05) is 121 Å². The molecule has 0 atom stereocenters. The molecule has 6 aromatic rings. The molecule has 2 aliphatic carbocycles. The minimum atomic E-state index is 1.02. The van der Waals surface area contributed by atoms with Gasteiger partial charge in [0, 0.05) is 0 Å². The van der Waals surface area contributed by atoms with Crippen LogP contribution in [0.1, 0.15) is 22.3 Å². The predicted molar refractivity (Wildman–Crippen MR) is 168 cm³/mol. The van der Waals surface area contributed by atoms with Gasteiger partial charge in [0.15, 0.2) is 0 Å². The lowest BCUT2D eigenvalue weighted by molar-refractivity contribution is 0.942. The number of hydrogen-bond donors (Lipinski definition) is 0. The van der Waals surface area contributed by atoms with Crippen LogP contribution in [0.5, 0.6) is 0 Å². The number of fused-ring (bicyclic) bond motifs is 12. The molecule has 0 fully saturated rings.